The Morgan fingerprint density at radius 3 is 2.67 bits per heavy atom. The first kappa shape index (κ1) is 13.4. The molecule has 1 aromatic carbocycles. The van der Waals surface area contributed by atoms with E-state index in [9.17, 15) is 17.2 Å². The van der Waals surface area contributed by atoms with Crippen LogP contribution in [-0.4, -0.2) is 13.4 Å². The molecule has 18 heavy (non-hydrogen) atoms. The second kappa shape index (κ2) is 4.90. The van der Waals surface area contributed by atoms with Crippen molar-refractivity contribution < 1.29 is 17.2 Å². The van der Waals surface area contributed by atoms with Crippen LogP contribution in [-0.2, 0) is 10.0 Å². The van der Waals surface area contributed by atoms with Gasteiger partial charge in [-0.1, -0.05) is 11.3 Å². The van der Waals surface area contributed by atoms with Crippen molar-refractivity contribution >= 4 is 42.4 Å². The molecule has 2 rings (SSSR count). The molecular weight excluding hydrogens is 350 g/mol. The summed E-state index contributed by atoms with van der Waals surface area (Å²) >= 11 is 4.13. The second-order valence-electron chi connectivity index (χ2n) is 3.15. The Balaban J connectivity index is 2.39. The average molecular weight is 355 g/mol. The molecule has 96 valence electrons. The first-order chi connectivity index (χ1) is 8.38. The molecule has 0 unspecified atom stereocenters. The van der Waals surface area contributed by atoms with Gasteiger partial charge < -0.3 is 0 Å². The molecule has 9 heteroatoms. The van der Waals surface area contributed by atoms with Gasteiger partial charge in [0.25, 0.3) is 10.0 Å². The van der Waals surface area contributed by atoms with E-state index in [1.165, 1.54) is 6.20 Å². The molecular formula is C9H5BrF2N2O2S2. The van der Waals surface area contributed by atoms with Crippen LogP contribution in [0.4, 0.5) is 13.9 Å². The minimum Gasteiger partial charge on any atom is -0.255 e. The molecule has 0 aliphatic carbocycles. The highest BCUT2D eigenvalue weighted by molar-refractivity contribution is 9.11. The summed E-state index contributed by atoms with van der Waals surface area (Å²) in [6, 6.07) is 2.20. The molecule has 1 heterocycles. The molecule has 0 spiro atoms. The van der Waals surface area contributed by atoms with E-state index >= 15 is 0 Å². The average Bonchev–Trinajstić information content (AvgIpc) is 2.66. The number of anilines is 1. The van der Waals surface area contributed by atoms with E-state index in [2.05, 4.69) is 25.6 Å². The lowest BCUT2D eigenvalue weighted by molar-refractivity contribution is 0.555. The van der Waals surface area contributed by atoms with Crippen LogP contribution < -0.4 is 4.72 Å². The SMILES string of the molecule is O=S(=O)(Nc1ncc(Br)s1)c1cc(F)ccc1F. The Kier molecular flexibility index (Phi) is 3.64. The predicted molar refractivity (Wildman–Crippen MR) is 67.0 cm³/mol. The van der Waals surface area contributed by atoms with E-state index in [0.717, 1.165) is 23.5 Å². The fraction of sp³-hybridized carbons (Fsp3) is 0. The maximum atomic E-state index is 13.4. The zero-order valence-electron chi connectivity index (χ0n) is 8.52. The van der Waals surface area contributed by atoms with Crippen molar-refractivity contribution in [2.75, 3.05) is 4.72 Å². The van der Waals surface area contributed by atoms with E-state index in [1.807, 2.05) is 0 Å². The maximum absolute atomic E-state index is 13.4. The van der Waals surface area contributed by atoms with Gasteiger partial charge in [-0.15, -0.1) is 0 Å². The fourth-order valence-electron chi connectivity index (χ4n) is 1.15. The zero-order valence-corrected chi connectivity index (χ0v) is 11.7. The van der Waals surface area contributed by atoms with Crippen molar-refractivity contribution in [3.8, 4) is 0 Å². The van der Waals surface area contributed by atoms with Crippen molar-refractivity contribution in [2.24, 2.45) is 0 Å². The standard InChI is InChI=1S/C9H5BrF2N2O2S2/c10-8-4-13-9(17-8)14-18(15,16)7-3-5(11)1-2-6(7)12/h1-4H,(H,13,14). The third-order valence-corrected chi connectivity index (χ3v) is 4.76. The third-order valence-electron chi connectivity index (χ3n) is 1.88. The molecule has 0 amide bonds. The summed E-state index contributed by atoms with van der Waals surface area (Å²) in [4.78, 5) is 2.99. The van der Waals surface area contributed by atoms with E-state index < -0.39 is 26.6 Å². The second-order valence-corrected chi connectivity index (χ2v) is 7.21. The first-order valence-corrected chi connectivity index (χ1v) is 7.57. The number of benzene rings is 1. The van der Waals surface area contributed by atoms with Crippen LogP contribution in [0.25, 0.3) is 0 Å². The molecule has 1 N–H and O–H groups in total. The number of nitrogens with one attached hydrogen (secondary N) is 1. The Labute approximate surface area is 114 Å². The minimum atomic E-state index is -4.19. The van der Waals surface area contributed by atoms with Gasteiger partial charge in [0.2, 0.25) is 0 Å². The van der Waals surface area contributed by atoms with E-state index in [-0.39, 0.29) is 5.13 Å². The van der Waals surface area contributed by atoms with Crippen molar-refractivity contribution in [1.29, 1.82) is 0 Å². The molecule has 0 saturated heterocycles. The highest BCUT2D eigenvalue weighted by atomic mass is 79.9. The topological polar surface area (TPSA) is 59.1 Å². The Morgan fingerprint density at radius 1 is 1.33 bits per heavy atom. The molecule has 0 atom stereocenters. The van der Waals surface area contributed by atoms with Crippen LogP contribution in [0, 0.1) is 11.6 Å². The summed E-state index contributed by atoms with van der Waals surface area (Å²) in [7, 11) is -4.19. The molecule has 0 saturated carbocycles. The quantitative estimate of drug-likeness (QED) is 0.921. The maximum Gasteiger partial charge on any atom is 0.266 e. The lowest BCUT2D eigenvalue weighted by Gasteiger charge is -2.06. The van der Waals surface area contributed by atoms with Gasteiger partial charge in [-0.25, -0.2) is 22.2 Å². The summed E-state index contributed by atoms with van der Waals surface area (Å²) in [5.74, 6) is -1.86. The van der Waals surface area contributed by atoms with Crippen molar-refractivity contribution in [2.45, 2.75) is 4.90 Å². The molecule has 0 aliphatic heterocycles. The summed E-state index contributed by atoms with van der Waals surface area (Å²) in [5.41, 5.74) is 0. The summed E-state index contributed by atoms with van der Waals surface area (Å²) in [6.45, 7) is 0. The molecule has 0 radical (unpaired) electrons. The third kappa shape index (κ3) is 2.85. The smallest absolute Gasteiger partial charge is 0.255 e. The number of hydrogen-bond donors (Lipinski definition) is 1. The number of halogens is 3. The first-order valence-electron chi connectivity index (χ1n) is 4.48. The van der Waals surface area contributed by atoms with Crippen molar-refractivity contribution in [1.82, 2.24) is 4.98 Å². The van der Waals surface area contributed by atoms with Gasteiger partial charge in [0.1, 0.15) is 16.5 Å². The number of nitrogens with zero attached hydrogens (tertiary/aromatic N) is 1. The summed E-state index contributed by atoms with van der Waals surface area (Å²) < 4.78 is 52.6. The van der Waals surface area contributed by atoms with Gasteiger partial charge in [-0.3, -0.25) is 4.72 Å². The van der Waals surface area contributed by atoms with Gasteiger partial charge in [0.15, 0.2) is 5.13 Å². The zero-order chi connectivity index (χ0) is 13.3. The summed E-state index contributed by atoms with van der Waals surface area (Å²) in [5, 5.41) is 0.0607. The van der Waals surface area contributed by atoms with E-state index in [0.29, 0.717) is 9.85 Å². The fourth-order valence-corrected chi connectivity index (χ4v) is 3.59. The number of aromatic nitrogens is 1. The number of sulfonamides is 1. The van der Waals surface area contributed by atoms with E-state index in [4.69, 9.17) is 0 Å². The minimum absolute atomic E-state index is 0.0607. The van der Waals surface area contributed by atoms with Crippen molar-refractivity contribution in [3.63, 3.8) is 0 Å². The monoisotopic (exact) mass is 354 g/mol. The van der Waals surface area contributed by atoms with Crippen LogP contribution >= 0.6 is 27.3 Å². The largest absolute Gasteiger partial charge is 0.266 e. The van der Waals surface area contributed by atoms with Gasteiger partial charge in [0, 0.05) is 0 Å². The van der Waals surface area contributed by atoms with Crippen molar-refractivity contribution in [3.05, 3.63) is 39.8 Å². The van der Waals surface area contributed by atoms with Crippen LogP contribution in [0.1, 0.15) is 0 Å². The lowest BCUT2D eigenvalue weighted by atomic mass is 10.3. The Morgan fingerprint density at radius 2 is 2.06 bits per heavy atom. The highest BCUT2D eigenvalue weighted by Crippen LogP contribution is 2.26. The lowest BCUT2D eigenvalue weighted by Crippen LogP contribution is -2.14. The van der Waals surface area contributed by atoms with Gasteiger partial charge in [-0.2, -0.15) is 0 Å². The molecule has 0 fully saturated rings. The highest BCUT2D eigenvalue weighted by Gasteiger charge is 2.21. The number of thiazole rings is 1. The molecule has 4 nitrogen and oxygen atoms in total. The van der Waals surface area contributed by atoms with Gasteiger partial charge >= 0.3 is 0 Å². The number of hydrogen-bond acceptors (Lipinski definition) is 4. The molecule has 0 aliphatic rings. The van der Waals surface area contributed by atoms with Crippen LogP contribution in [0.2, 0.25) is 0 Å². The summed E-state index contributed by atoms with van der Waals surface area (Å²) in [6.07, 6.45) is 1.39. The Hall–Kier alpha value is -1.06. The normalized spacial score (nSPS) is 11.5. The number of rotatable bonds is 3. The van der Waals surface area contributed by atoms with Crippen LogP contribution in [0.15, 0.2) is 33.1 Å². The molecule has 0 bridgehead atoms. The molecule has 2 aromatic rings. The predicted octanol–water partition coefficient (Wildman–Crippen LogP) is 2.98. The van der Waals surface area contributed by atoms with Crippen LogP contribution in [0.5, 0.6) is 0 Å². The van der Waals surface area contributed by atoms with Gasteiger partial charge in [0.05, 0.1) is 9.98 Å². The Bertz CT molecular complexity index is 688. The van der Waals surface area contributed by atoms with Gasteiger partial charge in [-0.05, 0) is 34.1 Å². The molecule has 1 aromatic heterocycles. The van der Waals surface area contributed by atoms with E-state index in [1.54, 1.807) is 0 Å². The van der Waals surface area contributed by atoms with Crippen LogP contribution in [0.3, 0.4) is 0 Å².